The summed E-state index contributed by atoms with van der Waals surface area (Å²) in [7, 11) is 0. The summed E-state index contributed by atoms with van der Waals surface area (Å²) in [4.78, 5) is 26.8. The third kappa shape index (κ3) is 3.54. The fourth-order valence-corrected chi connectivity index (χ4v) is 3.69. The Labute approximate surface area is 164 Å². The largest absolute Gasteiger partial charge is 0.322 e. The van der Waals surface area contributed by atoms with Gasteiger partial charge in [0.2, 0.25) is 5.91 Å². The number of benzene rings is 3. The standard InChI is InChI=1S/C24H22N2O2/c1-17-16-19(13-14-22(17)26-15-7-12-23(26)27)25-24(28)21-11-6-5-10-20(21)18-8-3-2-4-9-18/h2-6,8-11,13-14,16H,7,12,15H2,1H3,(H,25,28). The molecule has 3 aromatic carbocycles. The van der Waals surface area contributed by atoms with Crippen LogP contribution in [-0.4, -0.2) is 18.4 Å². The number of anilines is 2. The van der Waals surface area contributed by atoms with Gasteiger partial charge in [-0.05, 0) is 54.3 Å². The Morgan fingerprint density at radius 2 is 1.71 bits per heavy atom. The predicted octanol–water partition coefficient (Wildman–Crippen LogP) is 5.04. The molecular weight excluding hydrogens is 348 g/mol. The summed E-state index contributed by atoms with van der Waals surface area (Å²) in [6.07, 6.45) is 1.50. The zero-order valence-corrected chi connectivity index (χ0v) is 15.8. The van der Waals surface area contributed by atoms with Crippen molar-refractivity contribution < 1.29 is 9.59 Å². The lowest BCUT2D eigenvalue weighted by Crippen LogP contribution is -2.24. The van der Waals surface area contributed by atoms with E-state index in [1.54, 1.807) is 0 Å². The first-order chi connectivity index (χ1) is 13.6. The summed E-state index contributed by atoms with van der Waals surface area (Å²) in [5.41, 5.74) is 5.16. The molecule has 4 nitrogen and oxygen atoms in total. The Hall–Kier alpha value is -3.40. The van der Waals surface area contributed by atoms with E-state index in [9.17, 15) is 9.59 Å². The van der Waals surface area contributed by atoms with Gasteiger partial charge in [-0.1, -0.05) is 48.5 Å². The van der Waals surface area contributed by atoms with E-state index in [0.29, 0.717) is 12.0 Å². The van der Waals surface area contributed by atoms with Crippen LogP contribution < -0.4 is 10.2 Å². The second-order valence-corrected chi connectivity index (χ2v) is 7.02. The topological polar surface area (TPSA) is 49.4 Å². The lowest BCUT2D eigenvalue weighted by atomic mass is 9.99. The van der Waals surface area contributed by atoms with Crippen LogP contribution in [0.1, 0.15) is 28.8 Å². The van der Waals surface area contributed by atoms with Gasteiger partial charge in [-0.2, -0.15) is 0 Å². The van der Waals surface area contributed by atoms with Gasteiger partial charge in [-0.15, -0.1) is 0 Å². The molecule has 0 aromatic heterocycles. The first-order valence-corrected chi connectivity index (χ1v) is 9.50. The third-order valence-electron chi connectivity index (χ3n) is 5.08. The van der Waals surface area contributed by atoms with Crippen molar-refractivity contribution in [3.63, 3.8) is 0 Å². The highest BCUT2D eigenvalue weighted by Gasteiger charge is 2.23. The van der Waals surface area contributed by atoms with Crippen molar-refractivity contribution in [3.8, 4) is 11.1 Å². The Balaban J connectivity index is 1.58. The van der Waals surface area contributed by atoms with Crippen LogP contribution in [0, 0.1) is 6.92 Å². The predicted molar refractivity (Wildman–Crippen MR) is 113 cm³/mol. The molecule has 1 saturated heterocycles. The first-order valence-electron chi connectivity index (χ1n) is 9.50. The summed E-state index contributed by atoms with van der Waals surface area (Å²) in [5.74, 6) is 0.0144. The molecule has 1 fully saturated rings. The molecule has 0 unspecified atom stereocenters. The highest BCUT2D eigenvalue weighted by atomic mass is 16.2. The Morgan fingerprint density at radius 3 is 2.43 bits per heavy atom. The molecule has 0 saturated carbocycles. The summed E-state index contributed by atoms with van der Waals surface area (Å²) >= 11 is 0. The van der Waals surface area contributed by atoms with Crippen LogP contribution in [-0.2, 0) is 4.79 Å². The van der Waals surface area contributed by atoms with Gasteiger partial charge in [0.25, 0.3) is 5.91 Å². The highest BCUT2D eigenvalue weighted by molar-refractivity contribution is 6.09. The molecule has 2 amide bonds. The lowest BCUT2D eigenvalue weighted by molar-refractivity contribution is -0.117. The fourth-order valence-electron chi connectivity index (χ4n) is 3.69. The van der Waals surface area contributed by atoms with Crippen LogP contribution in [0.4, 0.5) is 11.4 Å². The summed E-state index contributed by atoms with van der Waals surface area (Å²) < 4.78 is 0. The maximum absolute atomic E-state index is 12.9. The molecule has 3 aromatic rings. The molecule has 1 aliphatic rings. The van der Waals surface area contributed by atoms with Gasteiger partial charge >= 0.3 is 0 Å². The van der Waals surface area contributed by atoms with Crippen molar-refractivity contribution in [1.82, 2.24) is 0 Å². The molecule has 4 rings (SSSR count). The molecule has 1 aliphatic heterocycles. The van der Waals surface area contributed by atoms with Crippen molar-refractivity contribution in [1.29, 1.82) is 0 Å². The smallest absolute Gasteiger partial charge is 0.256 e. The molecule has 0 atom stereocenters. The number of hydrogen-bond acceptors (Lipinski definition) is 2. The van der Waals surface area contributed by atoms with Crippen LogP contribution in [0.5, 0.6) is 0 Å². The summed E-state index contributed by atoms with van der Waals surface area (Å²) in [6.45, 7) is 2.73. The van der Waals surface area contributed by atoms with Crippen LogP contribution >= 0.6 is 0 Å². The minimum Gasteiger partial charge on any atom is -0.322 e. The molecule has 28 heavy (non-hydrogen) atoms. The van der Waals surface area contributed by atoms with Gasteiger partial charge in [0.15, 0.2) is 0 Å². The highest BCUT2D eigenvalue weighted by Crippen LogP contribution is 2.28. The maximum Gasteiger partial charge on any atom is 0.256 e. The van der Waals surface area contributed by atoms with Crippen LogP contribution in [0.15, 0.2) is 72.8 Å². The second kappa shape index (κ2) is 7.69. The van der Waals surface area contributed by atoms with E-state index >= 15 is 0 Å². The van der Waals surface area contributed by atoms with E-state index in [4.69, 9.17) is 0 Å². The third-order valence-corrected chi connectivity index (χ3v) is 5.08. The zero-order valence-electron chi connectivity index (χ0n) is 15.8. The van der Waals surface area contributed by atoms with Crippen molar-refractivity contribution in [2.24, 2.45) is 0 Å². The van der Waals surface area contributed by atoms with Gasteiger partial charge in [0, 0.05) is 29.9 Å². The van der Waals surface area contributed by atoms with E-state index < -0.39 is 0 Å². The monoisotopic (exact) mass is 370 g/mol. The maximum atomic E-state index is 12.9. The zero-order chi connectivity index (χ0) is 19.5. The second-order valence-electron chi connectivity index (χ2n) is 7.02. The van der Waals surface area contributed by atoms with Crippen LogP contribution in [0.3, 0.4) is 0 Å². The van der Waals surface area contributed by atoms with E-state index in [0.717, 1.165) is 41.0 Å². The number of nitrogens with zero attached hydrogens (tertiary/aromatic N) is 1. The molecule has 0 bridgehead atoms. The fraction of sp³-hybridized carbons (Fsp3) is 0.167. The SMILES string of the molecule is Cc1cc(NC(=O)c2ccccc2-c2ccccc2)ccc1N1CCCC1=O. The van der Waals surface area contributed by atoms with Crippen molar-refractivity contribution in [2.75, 3.05) is 16.8 Å². The average Bonchev–Trinajstić information content (AvgIpc) is 3.14. The molecule has 0 aliphatic carbocycles. The van der Waals surface area contributed by atoms with Gasteiger partial charge in [0.1, 0.15) is 0 Å². The summed E-state index contributed by atoms with van der Waals surface area (Å²) in [6, 6.07) is 23.2. The molecular formula is C24H22N2O2. The normalized spacial score (nSPS) is 13.6. The Bertz CT molecular complexity index is 1030. The number of hydrogen-bond donors (Lipinski definition) is 1. The Kier molecular flexibility index (Phi) is 4.94. The van der Waals surface area contributed by atoms with E-state index in [-0.39, 0.29) is 11.8 Å². The number of rotatable bonds is 4. The van der Waals surface area contributed by atoms with Crippen LogP contribution in [0.25, 0.3) is 11.1 Å². The first kappa shape index (κ1) is 18.0. The summed E-state index contributed by atoms with van der Waals surface area (Å²) in [5, 5.41) is 3.00. The van der Waals surface area contributed by atoms with E-state index in [1.807, 2.05) is 84.6 Å². The Morgan fingerprint density at radius 1 is 0.964 bits per heavy atom. The average molecular weight is 370 g/mol. The molecule has 0 spiro atoms. The molecule has 4 heteroatoms. The minimum atomic E-state index is -0.149. The molecule has 140 valence electrons. The molecule has 1 heterocycles. The van der Waals surface area contributed by atoms with Gasteiger partial charge in [-0.25, -0.2) is 0 Å². The molecule has 1 N–H and O–H groups in total. The van der Waals surface area contributed by atoms with E-state index in [1.165, 1.54) is 0 Å². The van der Waals surface area contributed by atoms with Gasteiger partial charge in [0.05, 0.1) is 0 Å². The number of carbonyl (C=O) groups is 2. The molecule has 0 radical (unpaired) electrons. The van der Waals surface area contributed by atoms with Crippen molar-refractivity contribution >= 4 is 23.2 Å². The number of carbonyl (C=O) groups excluding carboxylic acids is 2. The number of nitrogens with one attached hydrogen (secondary N) is 1. The van der Waals surface area contributed by atoms with Crippen molar-refractivity contribution in [3.05, 3.63) is 83.9 Å². The lowest BCUT2D eigenvalue weighted by Gasteiger charge is -2.19. The van der Waals surface area contributed by atoms with Crippen molar-refractivity contribution in [2.45, 2.75) is 19.8 Å². The van der Waals surface area contributed by atoms with Crippen LogP contribution in [0.2, 0.25) is 0 Å². The quantitative estimate of drug-likeness (QED) is 0.699. The number of aryl methyl sites for hydroxylation is 1. The van der Waals surface area contributed by atoms with Gasteiger partial charge < -0.3 is 10.2 Å². The number of amides is 2. The van der Waals surface area contributed by atoms with Gasteiger partial charge in [-0.3, -0.25) is 9.59 Å². The van der Waals surface area contributed by atoms with E-state index in [2.05, 4.69) is 5.32 Å². The minimum absolute atomic E-state index is 0.149.